The van der Waals surface area contributed by atoms with Gasteiger partial charge in [-0.3, -0.25) is 4.79 Å². The molecule has 2 rings (SSSR count). The Morgan fingerprint density at radius 1 is 1.24 bits per heavy atom. The van der Waals surface area contributed by atoms with E-state index in [9.17, 15) is 4.79 Å². The van der Waals surface area contributed by atoms with E-state index in [2.05, 4.69) is 25.3 Å². The highest BCUT2D eigenvalue weighted by molar-refractivity contribution is 6.30. The average molecular weight is 361 g/mol. The van der Waals surface area contributed by atoms with Crippen LogP contribution in [0.15, 0.2) is 24.3 Å². The number of aromatic nitrogens is 1. The van der Waals surface area contributed by atoms with Crippen molar-refractivity contribution in [1.82, 2.24) is 4.57 Å². The number of hydrogen-bond donors (Lipinski definition) is 1. The number of hydrogen-bond acceptors (Lipinski definition) is 1. The van der Waals surface area contributed by atoms with Crippen LogP contribution in [-0.4, -0.2) is 10.5 Å². The highest BCUT2D eigenvalue weighted by atomic mass is 35.5. The van der Waals surface area contributed by atoms with Crippen molar-refractivity contribution in [3.05, 3.63) is 46.2 Å². The molecule has 0 bridgehead atoms. The van der Waals surface area contributed by atoms with Gasteiger partial charge in [-0.15, -0.1) is 0 Å². The van der Waals surface area contributed by atoms with Crippen molar-refractivity contribution in [3.8, 4) is 11.1 Å². The number of primary amides is 1. The zero-order chi connectivity index (χ0) is 18.6. The minimum absolute atomic E-state index is 0.358. The summed E-state index contributed by atoms with van der Waals surface area (Å²) in [5, 5.41) is 0.690. The lowest BCUT2D eigenvalue weighted by Gasteiger charge is -2.14. The molecule has 0 aliphatic rings. The molecule has 0 aliphatic carbocycles. The Kier molecular flexibility index (Phi) is 6.71. The zero-order valence-corrected chi connectivity index (χ0v) is 16.5. The monoisotopic (exact) mass is 360 g/mol. The summed E-state index contributed by atoms with van der Waals surface area (Å²) in [7, 11) is 0. The van der Waals surface area contributed by atoms with E-state index in [0.717, 1.165) is 49.0 Å². The molecule has 136 valence electrons. The van der Waals surface area contributed by atoms with E-state index in [-0.39, 0.29) is 5.91 Å². The smallest absolute Gasteiger partial charge is 0.251 e. The van der Waals surface area contributed by atoms with E-state index in [4.69, 9.17) is 17.3 Å². The Hall–Kier alpha value is -1.74. The van der Waals surface area contributed by atoms with Crippen LogP contribution < -0.4 is 5.73 Å². The van der Waals surface area contributed by atoms with Gasteiger partial charge in [-0.2, -0.15) is 0 Å². The molecule has 4 heteroatoms. The second-order valence-electron chi connectivity index (χ2n) is 7.09. The van der Waals surface area contributed by atoms with E-state index in [1.807, 2.05) is 31.2 Å². The van der Waals surface area contributed by atoms with Crippen LogP contribution in [0.1, 0.15) is 61.8 Å². The van der Waals surface area contributed by atoms with Crippen molar-refractivity contribution in [2.75, 3.05) is 0 Å². The van der Waals surface area contributed by atoms with E-state index >= 15 is 0 Å². The maximum Gasteiger partial charge on any atom is 0.251 e. The Labute approximate surface area is 156 Å². The largest absolute Gasteiger partial charge is 0.366 e. The summed E-state index contributed by atoms with van der Waals surface area (Å²) >= 11 is 6.05. The summed E-state index contributed by atoms with van der Waals surface area (Å²) in [5.74, 6) is 0.250. The molecular formula is C21H29ClN2O. The molecule has 0 atom stereocenters. The van der Waals surface area contributed by atoms with Crippen molar-refractivity contribution >= 4 is 17.5 Å². The van der Waals surface area contributed by atoms with Crippen LogP contribution >= 0.6 is 11.6 Å². The maximum atomic E-state index is 12.2. The lowest BCUT2D eigenvalue weighted by Crippen LogP contribution is -2.13. The zero-order valence-electron chi connectivity index (χ0n) is 15.7. The molecular weight excluding hydrogens is 332 g/mol. The third-order valence-electron chi connectivity index (χ3n) is 4.71. The quantitative estimate of drug-likeness (QED) is 0.653. The molecule has 0 saturated carbocycles. The normalized spacial score (nSPS) is 11.3. The van der Waals surface area contributed by atoms with Crippen molar-refractivity contribution in [2.45, 2.75) is 59.9 Å². The Balaban J connectivity index is 2.65. The molecule has 0 aliphatic heterocycles. The van der Waals surface area contributed by atoms with Gasteiger partial charge in [-0.05, 0) is 49.8 Å². The SMILES string of the molecule is CCCCc1c(-c2ccc(Cl)cc2)c(C(N)=O)c(C)n1CCC(C)C. The summed E-state index contributed by atoms with van der Waals surface area (Å²) < 4.78 is 2.31. The summed E-state index contributed by atoms with van der Waals surface area (Å²) in [6.07, 6.45) is 4.22. The number of nitrogens with zero attached hydrogens (tertiary/aromatic N) is 1. The standard InChI is InChI=1S/C21H29ClN2O/c1-5-6-7-18-20(16-8-10-17(22)11-9-16)19(21(23)25)15(4)24(18)13-12-14(2)3/h8-11,14H,5-7,12-13H2,1-4H3,(H2,23,25). The molecule has 1 heterocycles. The first-order chi connectivity index (χ1) is 11.9. The molecule has 25 heavy (non-hydrogen) atoms. The van der Waals surface area contributed by atoms with Crippen LogP contribution in [0.5, 0.6) is 0 Å². The summed E-state index contributed by atoms with van der Waals surface area (Å²) in [4.78, 5) is 12.2. The molecule has 1 amide bonds. The molecule has 0 unspecified atom stereocenters. The lowest BCUT2D eigenvalue weighted by molar-refractivity contribution is 0.1000. The summed E-state index contributed by atoms with van der Waals surface area (Å²) in [6.45, 7) is 9.55. The van der Waals surface area contributed by atoms with Crippen LogP contribution in [0, 0.1) is 12.8 Å². The van der Waals surface area contributed by atoms with Gasteiger partial charge >= 0.3 is 0 Å². The van der Waals surface area contributed by atoms with Gasteiger partial charge in [-0.25, -0.2) is 0 Å². The second-order valence-corrected chi connectivity index (χ2v) is 7.53. The number of halogens is 1. The molecule has 0 spiro atoms. The van der Waals surface area contributed by atoms with Crippen molar-refractivity contribution < 1.29 is 4.79 Å². The minimum Gasteiger partial charge on any atom is -0.366 e. The van der Waals surface area contributed by atoms with Crippen LogP contribution in [0.25, 0.3) is 11.1 Å². The van der Waals surface area contributed by atoms with Gasteiger partial charge in [0.15, 0.2) is 0 Å². The highest BCUT2D eigenvalue weighted by Crippen LogP contribution is 2.34. The first-order valence-corrected chi connectivity index (χ1v) is 9.52. The molecule has 2 N–H and O–H groups in total. The fourth-order valence-corrected chi connectivity index (χ4v) is 3.45. The predicted molar refractivity (Wildman–Crippen MR) is 106 cm³/mol. The number of amides is 1. The number of carbonyl (C=O) groups is 1. The van der Waals surface area contributed by atoms with E-state index in [1.54, 1.807) is 0 Å². The van der Waals surface area contributed by atoms with E-state index in [1.165, 1.54) is 5.69 Å². The molecule has 2 aromatic rings. The first kappa shape index (κ1) is 19.6. The highest BCUT2D eigenvalue weighted by Gasteiger charge is 2.24. The summed E-state index contributed by atoms with van der Waals surface area (Å²) in [5.41, 5.74) is 10.6. The second kappa shape index (κ2) is 8.57. The van der Waals surface area contributed by atoms with Gasteiger partial charge in [0.2, 0.25) is 0 Å². The topological polar surface area (TPSA) is 48.0 Å². The molecule has 1 aromatic heterocycles. The first-order valence-electron chi connectivity index (χ1n) is 9.14. The molecule has 3 nitrogen and oxygen atoms in total. The fraction of sp³-hybridized carbons (Fsp3) is 0.476. The predicted octanol–water partition coefficient (Wildman–Crippen LogP) is 5.60. The number of rotatable bonds is 8. The lowest BCUT2D eigenvalue weighted by atomic mass is 9.97. The molecule has 0 saturated heterocycles. The maximum absolute atomic E-state index is 12.2. The Morgan fingerprint density at radius 3 is 2.40 bits per heavy atom. The molecule has 0 fully saturated rings. The van der Waals surface area contributed by atoms with Gasteiger partial charge in [0.05, 0.1) is 5.56 Å². The Bertz CT molecular complexity index is 729. The van der Waals surface area contributed by atoms with Gasteiger partial charge in [0.1, 0.15) is 0 Å². The fourth-order valence-electron chi connectivity index (χ4n) is 3.32. The van der Waals surface area contributed by atoms with Crippen LogP contribution in [0.4, 0.5) is 0 Å². The van der Waals surface area contributed by atoms with Gasteiger partial charge < -0.3 is 10.3 Å². The van der Waals surface area contributed by atoms with Gasteiger partial charge in [0, 0.05) is 28.5 Å². The number of unbranched alkanes of at least 4 members (excludes halogenated alkanes) is 1. The molecule has 0 radical (unpaired) electrons. The van der Waals surface area contributed by atoms with Crippen molar-refractivity contribution in [1.29, 1.82) is 0 Å². The minimum atomic E-state index is -0.358. The average Bonchev–Trinajstić information content (AvgIpc) is 2.83. The van der Waals surface area contributed by atoms with Gasteiger partial charge in [0.25, 0.3) is 5.91 Å². The van der Waals surface area contributed by atoms with Crippen molar-refractivity contribution in [2.24, 2.45) is 11.7 Å². The van der Waals surface area contributed by atoms with Gasteiger partial charge in [-0.1, -0.05) is 50.9 Å². The van der Waals surface area contributed by atoms with Crippen LogP contribution in [0.3, 0.4) is 0 Å². The van der Waals surface area contributed by atoms with Crippen LogP contribution in [-0.2, 0) is 13.0 Å². The van der Waals surface area contributed by atoms with Crippen LogP contribution in [0.2, 0.25) is 5.02 Å². The molecule has 1 aromatic carbocycles. The Morgan fingerprint density at radius 2 is 1.88 bits per heavy atom. The van der Waals surface area contributed by atoms with E-state index in [0.29, 0.717) is 16.5 Å². The van der Waals surface area contributed by atoms with E-state index < -0.39 is 0 Å². The van der Waals surface area contributed by atoms with Crippen molar-refractivity contribution in [3.63, 3.8) is 0 Å². The summed E-state index contributed by atoms with van der Waals surface area (Å²) in [6, 6.07) is 7.69. The third-order valence-corrected chi connectivity index (χ3v) is 4.96. The number of carbonyl (C=O) groups excluding carboxylic acids is 1. The number of nitrogens with two attached hydrogens (primary N) is 1. The third kappa shape index (κ3) is 4.46. The number of benzene rings is 1.